The number of hydrogen-bond acceptors (Lipinski definition) is 8. The van der Waals surface area contributed by atoms with Crippen molar-refractivity contribution in [3.63, 3.8) is 0 Å². The Morgan fingerprint density at radius 3 is 2.33 bits per heavy atom. The highest BCUT2D eigenvalue weighted by Gasteiger charge is 2.47. The highest BCUT2D eigenvalue weighted by molar-refractivity contribution is 5.70. The van der Waals surface area contributed by atoms with E-state index in [-0.39, 0.29) is 31.1 Å². The fourth-order valence-corrected chi connectivity index (χ4v) is 4.30. The standard InChI is InChI=1S/C21H41NO8/c1-11(10-23)9-21(5,28)18(13(3)16(24)14(4)19(26)27)30-20-17(25)15(22(6)7)8-12(2)29-20/h11-18,20,23-25,28H,8-10H2,1-7H3,(H,26,27)/t11-,12-,13+,14-,15+,16+,17-,18-,20+,21-/m1/s1. The van der Waals surface area contributed by atoms with Crippen LogP contribution in [0.25, 0.3) is 0 Å². The fourth-order valence-electron chi connectivity index (χ4n) is 4.30. The Morgan fingerprint density at radius 2 is 1.87 bits per heavy atom. The molecular weight excluding hydrogens is 394 g/mol. The van der Waals surface area contributed by atoms with Crippen molar-refractivity contribution in [1.29, 1.82) is 0 Å². The smallest absolute Gasteiger partial charge is 0.308 e. The van der Waals surface area contributed by atoms with Gasteiger partial charge < -0.3 is 39.9 Å². The molecule has 1 rings (SSSR count). The lowest BCUT2D eigenvalue weighted by atomic mass is 9.78. The molecule has 10 atom stereocenters. The van der Waals surface area contributed by atoms with Crippen LogP contribution in [0.1, 0.15) is 47.5 Å². The molecule has 1 heterocycles. The minimum absolute atomic E-state index is 0.145. The van der Waals surface area contributed by atoms with Crippen molar-refractivity contribution in [3.05, 3.63) is 0 Å². The summed E-state index contributed by atoms with van der Waals surface area (Å²) in [5, 5.41) is 51.4. The van der Waals surface area contributed by atoms with Gasteiger partial charge in [-0.05, 0) is 53.6 Å². The zero-order valence-corrected chi connectivity index (χ0v) is 19.2. The monoisotopic (exact) mass is 435 g/mol. The summed E-state index contributed by atoms with van der Waals surface area (Å²) < 4.78 is 11.9. The van der Waals surface area contributed by atoms with Gasteiger partial charge in [-0.3, -0.25) is 4.79 Å². The van der Waals surface area contributed by atoms with E-state index < -0.39 is 48.0 Å². The number of hydrogen-bond donors (Lipinski definition) is 5. The average Bonchev–Trinajstić information content (AvgIpc) is 2.65. The maximum absolute atomic E-state index is 11.4. The molecule has 1 aliphatic rings. The molecule has 0 aromatic carbocycles. The van der Waals surface area contributed by atoms with Crippen LogP contribution in [0.2, 0.25) is 0 Å². The first-order valence-corrected chi connectivity index (χ1v) is 10.6. The molecule has 9 heteroatoms. The number of carboxylic acids is 1. The third-order valence-corrected chi connectivity index (χ3v) is 6.16. The Bertz CT molecular complexity index is 543. The van der Waals surface area contributed by atoms with Crippen LogP contribution in [-0.4, -0.2) is 99.5 Å². The summed E-state index contributed by atoms with van der Waals surface area (Å²) in [6, 6.07) is -0.223. The molecule has 5 N–H and O–H groups in total. The first-order chi connectivity index (χ1) is 13.7. The van der Waals surface area contributed by atoms with Crippen LogP contribution in [0.15, 0.2) is 0 Å². The van der Waals surface area contributed by atoms with Crippen molar-refractivity contribution in [2.45, 2.75) is 89.8 Å². The molecule has 0 spiro atoms. The Morgan fingerprint density at radius 1 is 1.30 bits per heavy atom. The molecule has 1 fully saturated rings. The summed E-state index contributed by atoms with van der Waals surface area (Å²) in [6.45, 7) is 8.01. The maximum atomic E-state index is 11.4. The molecule has 0 saturated carbocycles. The Hall–Kier alpha value is -0.810. The number of carboxylic acid groups (broad SMARTS) is 1. The quantitative estimate of drug-likeness (QED) is 0.310. The molecule has 0 radical (unpaired) electrons. The number of aliphatic carboxylic acids is 1. The van der Waals surface area contributed by atoms with Crippen LogP contribution < -0.4 is 0 Å². The van der Waals surface area contributed by atoms with Gasteiger partial charge in [0, 0.05) is 18.6 Å². The summed E-state index contributed by atoms with van der Waals surface area (Å²) in [7, 11) is 3.70. The van der Waals surface area contributed by atoms with Crippen molar-refractivity contribution < 1.29 is 39.8 Å². The van der Waals surface area contributed by atoms with Gasteiger partial charge in [-0.15, -0.1) is 0 Å². The van der Waals surface area contributed by atoms with Crippen LogP contribution in [0.4, 0.5) is 0 Å². The molecular formula is C21H41NO8. The van der Waals surface area contributed by atoms with E-state index in [1.165, 1.54) is 13.8 Å². The molecule has 0 bridgehead atoms. The molecule has 178 valence electrons. The van der Waals surface area contributed by atoms with Crippen molar-refractivity contribution in [2.24, 2.45) is 17.8 Å². The van der Waals surface area contributed by atoms with E-state index in [9.17, 15) is 30.3 Å². The minimum Gasteiger partial charge on any atom is -0.481 e. The van der Waals surface area contributed by atoms with Crippen LogP contribution in [0.5, 0.6) is 0 Å². The van der Waals surface area contributed by atoms with Gasteiger partial charge >= 0.3 is 5.97 Å². The molecule has 1 saturated heterocycles. The van der Waals surface area contributed by atoms with Crippen molar-refractivity contribution >= 4 is 5.97 Å². The van der Waals surface area contributed by atoms with Crippen molar-refractivity contribution in [2.75, 3.05) is 20.7 Å². The van der Waals surface area contributed by atoms with Gasteiger partial charge in [0.15, 0.2) is 6.29 Å². The first-order valence-electron chi connectivity index (χ1n) is 10.6. The van der Waals surface area contributed by atoms with E-state index >= 15 is 0 Å². The van der Waals surface area contributed by atoms with E-state index in [4.69, 9.17) is 9.47 Å². The molecule has 30 heavy (non-hydrogen) atoms. The topological polar surface area (TPSA) is 140 Å². The van der Waals surface area contributed by atoms with E-state index in [0.29, 0.717) is 6.42 Å². The van der Waals surface area contributed by atoms with Crippen LogP contribution in [-0.2, 0) is 14.3 Å². The van der Waals surface area contributed by atoms with Gasteiger partial charge in [0.1, 0.15) is 6.10 Å². The Labute approximate surface area is 179 Å². The Balaban J connectivity index is 3.20. The van der Waals surface area contributed by atoms with Crippen molar-refractivity contribution in [3.8, 4) is 0 Å². The summed E-state index contributed by atoms with van der Waals surface area (Å²) >= 11 is 0. The lowest BCUT2D eigenvalue weighted by Gasteiger charge is -2.46. The third kappa shape index (κ3) is 6.85. The van der Waals surface area contributed by atoms with E-state index in [2.05, 4.69) is 0 Å². The lowest BCUT2D eigenvalue weighted by Crippen LogP contribution is -2.59. The second kappa shape index (κ2) is 11.2. The van der Waals surface area contributed by atoms with Gasteiger partial charge in [0.05, 0.1) is 29.8 Å². The summed E-state index contributed by atoms with van der Waals surface area (Å²) in [5.74, 6) is -3.28. The summed E-state index contributed by atoms with van der Waals surface area (Å²) in [5.41, 5.74) is -1.52. The summed E-state index contributed by atoms with van der Waals surface area (Å²) in [6.07, 6.45) is -3.84. The second-order valence-corrected chi connectivity index (χ2v) is 9.45. The molecule has 0 unspecified atom stereocenters. The zero-order valence-electron chi connectivity index (χ0n) is 19.2. The number of nitrogens with zero attached hydrogens (tertiary/aromatic N) is 1. The predicted molar refractivity (Wildman–Crippen MR) is 111 cm³/mol. The number of aliphatic hydroxyl groups is 4. The average molecular weight is 436 g/mol. The van der Waals surface area contributed by atoms with Gasteiger partial charge in [-0.2, -0.15) is 0 Å². The SMILES string of the molecule is C[C@@H](CO)C[C@@](C)(O)[C@H](O[C@@H]1O[C@H](C)C[C@H](N(C)C)[C@H]1O)[C@@H](C)[C@H](O)[C@@H](C)C(=O)O. The summed E-state index contributed by atoms with van der Waals surface area (Å²) in [4.78, 5) is 13.3. The molecule has 0 aromatic rings. The first kappa shape index (κ1) is 27.2. The van der Waals surface area contributed by atoms with Gasteiger partial charge in [-0.25, -0.2) is 0 Å². The number of ether oxygens (including phenoxy) is 2. The minimum atomic E-state index is -1.52. The molecule has 9 nitrogen and oxygen atoms in total. The number of carbonyl (C=O) groups is 1. The Kier molecular flexibility index (Phi) is 10.1. The number of rotatable bonds is 11. The van der Waals surface area contributed by atoms with Gasteiger partial charge in [0.25, 0.3) is 0 Å². The van der Waals surface area contributed by atoms with Crippen LogP contribution >= 0.6 is 0 Å². The molecule has 0 aromatic heterocycles. The van der Waals surface area contributed by atoms with E-state index in [1.54, 1.807) is 13.8 Å². The van der Waals surface area contributed by atoms with E-state index in [0.717, 1.165) is 0 Å². The van der Waals surface area contributed by atoms with Gasteiger partial charge in [-0.1, -0.05) is 13.8 Å². The van der Waals surface area contributed by atoms with Gasteiger partial charge in [0.2, 0.25) is 0 Å². The lowest BCUT2D eigenvalue weighted by molar-refractivity contribution is -0.299. The van der Waals surface area contributed by atoms with Crippen molar-refractivity contribution in [1.82, 2.24) is 4.90 Å². The van der Waals surface area contributed by atoms with Crippen LogP contribution in [0.3, 0.4) is 0 Å². The van der Waals surface area contributed by atoms with E-state index in [1.807, 2.05) is 25.9 Å². The third-order valence-electron chi connectivity index (χ3n) is 6.16. The largest absolute Gasteiger partial charge is 0.481 e. The number of likely N-dealkylation sites (N-methyl/N-ethyl adjacent to an activating group) is 1. The maximum Gasteiger partial charge on any atom is 0.308 e. The predicted octanol–water partition coefficient (Wildman–Crippen LogP) is 0.285. The highest BCUT2D eigenvalue weighted by Crippen LogP contribution is 2.34. The zero-order chi connectivity index (χ0) is 23.4. The molecule has 0 aliphatic carbocycles. The van der Waals surface area contributed by atoms with Crippen LogP contribution in [0, 0.1) is 17.8 Å². The molecule has 0 amide bonds. The number of aliphatic hydroxyl groups excluding tert-OH is 3. The fraction of sp³-hybridized carbons (Fsp3) is 0.952. The highest BCUT2D eigenvalue weighted by atomic mass is 16.7. The second-order valence-electron chi connectivity index (χ2n) is 9.45. The molecule has 1 aliphatic heterocycles. The normalized spacial score (nSPS) is 32.1.